The van der Waals surface area contributed by atoms with Crippen molar-refractivity contribution in [1.29, 1.82) is 0 Å². The van der Waals surface area contributed by atoms with Crippen LogP contribution in [0.3, 0.4) is 0 Å². The summed E-state index contributed by atoms with van der Waals surface area (Å²) < 4.78 is 47.9. The fourth-order valence-corrected chi connectivity index (χ4v) is 1.04. The highest BCUT2D eigenvalue weighted by Crippen LogP contribution is 2.27. The summed E-state index contributed by atoms with van der Waals surface area (Å²) in [6, 6.07) is 0. The van der Waals surface area contributed by atoms with Gasteiger partial charge in [-0.05, 0) is 19.8 Å². The van der Waals surface area contributed by atoms with Crippen molar-refractivity contribution in [1.82, 2.24) is 0 Å². The standard InChI is InChI=1S/C8H12F4O3/c1-7(15,5(9)6(13)14)3-2-4-8(10,11)12/h5,15H,2-4H2,1H3,(H,13,14). The molecule has 0 aliphatic heterocycles. The molecule has 0 saturated carbocycles. The Morgan fingerprint density at radius 2 is 1.80 bits per heavy atom. The molecule has 0 heterocycles. The Labute approximate surface area is 83.7 Å². The Kier molecular flexibility index (Phi) is 4.51. The fourth-order valence-electron chi connectivity index (χ4n) is 1.04. The first kappa shape index (κ1) is 14.2. The molecule has 90 valence electrons. The maximum Gasteiger partial charge on any atom is 0.389 e. The Bertz CT molecular complexity index is 224. The van der Waals surface area contributed by atoms with Gasteiger partial charge in [0.25, 0.3) is 0 Å². The summed E-state index contributed by atoms with van der Waals surface area (Å²) in [4.78, 5) is 10.1. The van der Waals surface area contributed by atoms with Gasteiger partial charge < -0.3 is 10.2 Å². The van der Waals surface area contributed by atoms with Crippen LogP contribution in [-0.4, -0.2) is 34.1 Å². The van der Waals surface area contributed by atoms with Crippen LogP contribution < -0.4 is 0 Å². The highest BCUT2D eigenvalue weighted by molar-refractivity contribution is 5.73. The third-order valence-electron chi connectivity index (χ3n) is 1.91. The SMILES string of the molecule is CC(O)(CCCC(F)(F)F)C(F)C(=O)O. The molecule has 2 N–H and O–H groups in total. The van der Waals surface area contributed by atoms with E-state index in [1.54, 1.807) is 0 Å². The van der Waals surface area contributed by atoms with Crippen LogP contribution in [-0.2, 0) is 4.79 Å². The lowest BCUT2D eigenvalue weighted by atomic mass is 9.93. The molecule has 7 heteroatoms. The summed E-state index contributed by atoms with van der Waals surface area (Å²) in [5.41, 5.74) is -2.27. The Hall–Kier alpha value is -0.850. The van der Waals surface area contributed by atoms with Gasteiger partial charge in [0.2, 0.25) is 6.17 Å². The number of alkyl halides is 4. The van der Waals surface area contributed by atoms with Gasteiger partial charge in [0.1, 0.15) is 5.60 Å². The van der Waals surface area contributed by atoms with E-state index in [4.69, 9.17) is 5.11 Å². The highest BCUT2D eigenvalue weighted by Gasteiger charge is 2.38. The van der Waals surface area contributed by atoms with E-state index >= 15 is 0 Å². The Balaban J connectivity index is 4.10. The van der Waals surface area contributed by atoms with Crippen LogP contribution >= 0.6 is 0 Å². The van der Waals surface area contributed by atoms with Gasteiger partial charge >= 0.3 is 12.1 Å². The van der Waals surface area contributed by atoms with Gasteiger partial charge in [-0.2, -0.15) is 13.2 Å². The van der Waals surface area contributed by atoms with Crippen LogP contribution in [0.25, 0.3) is 0 Å². The number of hydrogen-bond donors (Lipinski definition) is 2. The quantitative estimate of drug-likeness (QED) is 0.711. The lowest BCUT2D eigenvalue weighted by Crippen LogP contribution is -2.41. The molecule has 0 saturated heterocycles. The predicted octanol–water partition coefficient (Wildman–Crippen LogP) is 1.89. The fraction of sp³-hybridized carbons (Fsp3) is 0.875. The number of hydrogen-bond acceptors (Lipinski definition) is 2. The summed E-state index contributed by atoms with van der Waals surface area (Å²) in [7, 11) is 0. The first-order valence-electron chi connectivity index (χ1n) is 4.22. The van der Waals surface area contributed by atoms with Crippen molar-refractivity contribution in [2.75, 3.05) is 0 Å². The van der Waals surface area contributed by atoms with Gasteiger partial charge in [-0.15, -0.1) is 0 Å². The number of rotatable bonds is 5. The Morgan fingerprint density at radius 1 is 1.33 bits per heavy atom. The number of carboxylic acid groups (broad SMARTS) is 1. The Morgan fingerprint density at radius 3 is 2.13 bits per heavy atom. The average Bonchev–Trinajstić information content (AvgIpc) is 1.99. The molecule has 2 unspecified atom stereocenters. The molecule has 0 aliphatic carbocycles. The second-order valence-electron chi connectivity index (χ2n) is 3.53. The largest absolute Gasteiger partial charge is 0.479 e. The van der Waals surface area contributed by atoms with Crippen molar-refractivity contribution in [2.45, 2.75) is 44.1 Å². The van der Waals surface area contributed by atoms with E-state index in [2.05, 4.69) is 0 Å². The van der Waals surface area contributed by atoms with Gasteiger partial charge in [-0.1, -0.05) is 0 Å². The van der Waals surface area contributed by atoms with E-state index in [1.165, 1.54) is 0 Å². The molecular formula is C8H12F4O3. The van der Waals surface area contributed by atoms with Crippen LogP contribution in [0.2, 0.25) is 0 Å². The lowest BCUT2D eigenvalue weighted by molar-refractivity contribution is -0.155. The second-order valence-corrected chi connectivity index (χ2v) is 3.53. The second kappa shape index (κ2) is 4.78. The minimum atomic E-state index is -4.38. The maximum absolute atomic E-state index is 12.8. The molecule has 3 nitrogen and oxygen atoms in total. The predicted molar refractivity (Wildman–Crippen MR) is 43.1 cm³/mol. The van der Waals surface area contributed by atoms with Crippen molar-refractivity contribution in [2.24, 2.45) is 0 Å². The van der Waals surface area contributed by atoms with Gasteiger partial charge in [0.05, 0.1) is 0 Å². The molecule has 0 aromatic carbocycles. The monoisotopic (exact) mass is 232 g/mol. The lowest BCUT2D eigenvalue weighted by Gasteiger charge is -2.24. The summed E-state index contributed by atoms with van der Waals surface area (Å²) in [6.07, 6.45) is -9.20. The molecular weight excluding hydrogens is 220 g/mol. The van der Waals surface area contributed by atoms with Crippen LogP contribution in [0, 0.1) is 0 Å². The topological polar surface area (TPSA) is 57.5 Å². The molecule has 0 amide bonds. The molecule has 0 aliphatic rings. The smallest absolute Gasteiger partial charge is 0.389 e. The summed E-state index contributed by atoms with van der Waals surface area (Å²) >= 11 is 0. The zero-order valence-corrected chi connectivity index (χ0v) is 8.01. The first-order valence-corrected chi connectivity index (χ1v) is 4.22. The van der Waals surface area contributed by atoms with Gasteiger partial charge in [-0.25, -0.2) is 9.18 Å². The molecule has 0 rings (SSSR count). The number of carbonyl (C=O) groups is 1. The van der Waals surface area contributed by atoms with Crippen LogP contribution in [0.15, 0.2) is 0 Å². The number of aliphatic hydroxyl groups is 1. The average molecular weight is 232 g/mol. The van der Waals surface area contributed by atoms with E-state index < -0.39 is 43.2 Å². The van der Waals surface area contributed by atoms with Crippen LogP contribution in [0.4, 0.5) is 17.6 Å². The maximum atomic E-state index is 12.8. The molecule has 2 atom stereocenters. The molecule has 0 spiro atoms. The van der Waals surface area contributed by atoms with E-state index in [9.17, 15) is 27.5 Å². The van der Waals surface area contributed by atoms with Crippen molar-refractivity contribution in [3.05, 3.63) is 0 Å². The summed E-state index contributed by atoms with van der Waals surface area (Å²) in [5.74, 6) is -1.88. The van der Waals surface area contributed by atoms with Crippen molar-refractivity contribution in [3.63, 3.8) is 0 Å². The highest BCUT2D eigenvalue weighted by atomic mass is 19.4. The van der Waals surface area contributed by atoms with E-state index in [0.717, 1.165) is 6.92 Å². The first-order chi connectivity index (χ1) is 6.56. The van der Waals surface area contributed by atoms with E-state index in [1.807, 2.05) is 0 Å². The van der Waals surface area contributed by atoms with Gasteiger partial charge in [0, 0.05) is 6.42 Å². The third kappa shape index (κ3) is 5.56. The normalized spacial score (nSPS) is 18.3. The molecule has 0 bridgehead atoms. The van der Waals surface area contributed by atoms with E-state index in [0.29, 0.717) is 0 Å². The third-order valence-corrected chi connectivity index (χ3v) is 1.91. The number of aliphatic carboxylic acids is 1. The molecule has 15 heavy (non-hydrogen) atoms. The molecule has 0 aromatic heterocycles. The van der Waals surface area contributed by atoms with E-state index in [-0.39, 0.29) is 0 Å². The van der Waals surface area contributed by atoms with Crippen molar-refractivity contribution >= 4 is 5.97 Å². The molecule has 0 aromatic rings. The minimum absolute atomic E-state index is 0.510. The van der Waals surface area contributed by atoms with Crippen molar-refractivity contribution < 1.29 is 32.6 Å². The van der Waals surface area contributed by atoms with Crippen LogP contribution in [0.1, 0.15) is 26.2 Å². The van der Waals surface area contributed by atoms with Crippen molar-refractivity contribution in [3.8, 4) is 0 Å². The number of halogens is 4. The minimum Gasteiger partial charge on any atom is -0.479 e. The van der Waals surface area contributed by atoms with Gasteiger partial charge in [0.15, 0.2) is 0 Å². The number of carboxylic acids is 1. The van der Waals surface area contributed by atoms with Gasteiger partial charge in [-0.3, -0.25) is 0 Å². The van der Waals surface area contributed by atoms with Crippen LogP contribution in [0.5, 0.6) is 0 Å². The zero-order valence-electron chi connectivity index (χ0n) is 8.01. The molecule has 0 radical (unpaired) electrons. The summed E-state index contributed by atoms with van der Waals surface area (Å²) in [6.45, 7) is 0.863. The molecule has 0 fully saturated rings. The summed E-state index contributed by atoms with van der Waals surface area (Å²) in [5, 5.41) is 17.4. The zero-order chi connectivity index (χ0) is 12.3.